The molecule has 0 atom stereocenters. The summed E-state index contributed by atoms with van der Waals surface area (Å²) in [5.41, 5.74) is 0.831. The van der Waals surface area contributed by atoms with Crippen LogP contribution in [0.25, 0.3) is 0 Å². The number of para-hydroxylation sites is 1. The van der Waals surface area contributed by atoms with Crippen molar-refractivity contribution in [2.24, 2.45) is 0 Å². The minimum absolute atomic E-state index is 0.174. The molecular weight excluding hydrogens is 267 g/mol. The molecule has 0 aliphatic heterocycles. The molecule has 19 heavy (non-hydrogen) atoms. The number of nitrogens with zero attached hydrogens (tertiary/aromatic N) is 2. The maximum Gasteiger partial charge on any atom is 0.286 e. The number of anilines is 2. The highest BCUT2D eigenvalue weighted by Gasteiger charge is 2.15. The third-order valence-electron chi connectivity index (χ3n) is 2.41. The van der Waals surface area contributed by atoms with Gasteiger partial charge in [-0.2, -0.15) is 0 Å². The highest BCUT2D eigenvalue weighted by atomic mass is 32.1. The van der Waals surface area contributed by atoms with E-state index in [2.05, 4.69) is 20.8 Å². The van der Waals surface area contributed by atoms with Crippen molar-refractivity contribution in [1.82, 2.24) is 10.2 Å². The molecule has 0 radical (unpaired) electrons. The van der Waals surface area contributed by atoms with Gasteiger partial charge in [0.25, 0.3) is 5.91 Å². The Hall–Kier alpha value is -2.02. The standard InChI is InChI=1S/C12H13FN4OS/c1-3-14-12-17-16-11(19-12)10(18)15-9-7(2)5-4-6-8(9)13/h4-6H,3H2,1-2H3,(H,14,17)(H,15,18). The Morgan fingerprint density at radius 1 is 1.42 bits per heavy atom. The number of hydrogen-bond donors (Lipinski definition) is 2. The van der Waals surface area contributed by atoms with Crippen molar-refractivity contribution in [2.45, 2.75) is 13.8 Å². The summed E-state index contributed by atoms with van der Waals surface area (Å²) in [5, 5.41) is 13.8. The molecule has 1 amide bonds. The zero-order valence-corrected chi connectivity index (χ0v) is 11.3. The van der Waals surface area contributed by atoms with Crippen LogP contribution < -0.4 is 10.6 Å². The molecule has 0 aliphatic carbocycles. The predicted molar refractivity (Wildman–Crippen MR) is 73.2 cm³/mol. The van der Waals surface area contributed by atoms with E-state index in [4.69, 9.17) is 0 Å². The second-order valence-corrected chi connectivity index (χ2v) is 4.81. The maximum absolute atomic E-state index is 13.6. The Kier molecular flexibility index (Phi) is 4.06. The lowest BCUT2D eigenvalue weighted by Gasteiger charge is -2.07. The quantitative estimate of drug-likeness (QED) is 0.903. The summed E-state index contributed by atoms with van der Waals surface area (Å²) >= 11 is 1.13. The van der Waals surface area contributed by atoms with Gasteiger partial charge in [0.05, 0.1) is 5.69 Å². The molecule has 1 heterocycles. The van der Waals surface area contributed by atoms with Crippen LogP contribution >= 0.6 is 11.3 Å². The molecular formula is C12H13FN4OS. The first-order valence-electron chi connectivity index (χ1n) is 5.75. The lowest BCUT2D eigenvalue weighted by atomic mass is 10.2. The van der Waals surface area contributed by atoms with Crippen LogP contribution in [0.15, 0.2) is 18.2 Å². The molecule has 7 heteroatoms. The zero-order valence-electron chi connectivity index (χ0n) is 10.5. The highest BCUT2D eigenvalue weighted by molar-refractivity contribution is 7.17. The Labute approximate surface area is 113 Å². The molecule has 0 fully saturated rings. The van der Waals surface area contributed by atoms with Crippen LogP contribution in [0.4, 0.5) is 15.2 Å². The molecule has 1 aromatic carbocycles. The lowest BCUT2D eigenvalue weighted by Crippen LogP contribution is -2.13. The summed E-state index contributed by atoms with van der Waals surface area (Å²) < 4.78 is 13.6. The summed E-state index contributed by atoms with van der Waals surface area (Å²) in [5.74, 6) is -0.931. The molecule has 0 unspecified atom stereocenters. The fraction of sp³-hybridized carbons (Fsp3) is 0.250. The highest BCUT2D eigenvalue weighted by Crippen LogP contribution is 2.21. The van der Waals surface area contributed by atoms with Gasteiger partial charge >= 0.3 is 0 Å². The van der Waals surface area contributed by atoms with Crippen LogP contribution in [0, 0.1) is 12.7 Å². The molecule has 0 spiro atoms. The van der Waals surface area contributed by atoms with E-state index in [9.17, 15) is 9.18 Å². The predicted octanol–water partition coefficient (Wildman–Crippen LogP) is 2.67. The SMILES string of the molecule is CCNc1nnc(C(=O)Nc2c(C)cccc2F)s1. The van der Waals surface area contributed by atoms with Crippen LogP contribution in [0.3, 0.4) is 0 Å². The van der Waals surface area contributed by atoms with Crippen molar-refractivity contribution in [3.05, 3.63) is 34.6 Å². The van der Waals surface area contributed by atoms with Gasteiger partial charge in [0.2, 0.25) is 10.1 Å². The topological polar surface area (TPSA) is 66.9 Å². The van der Waals surface area contributed by atoms with E-state index in [-0.39, 0.29) is 10.7 Å². The van der Waals surface area contributed by atoms with E-state index in [0.717, 1.165) is 11.3 Å². The van der Waals surface area contributed by atoms with E-state index in [1.165, 1.54) is 6.07 Å². The fourth-order valence-corrected chi connectivity index (χ4v) is 2.20. The van der Waals surface area contributed by atoms with E-state index < -0.39 is 11.7 Å². The van der Waals surface area contributed by atoms with Gasteiger partial charge in [-0.05, 0) is 25.5 Å². The van der Waals surface area contributed by atoms with Crippen LogP contribution in [0.1, 0.15) is 22.3 Å². The van der Waals surface area contributed by atoms with Crippen molar-refractivity contribution < 1.29 is 9.18 Å². The zero-order chi connectivity index (χ0) is 13.8. The molecule has 5 nitrogen and oxygen atoms in total. The number of nitrogens with one attached hydrogen (secondary N) is 2. The lowest BCUT2D eigenvalue weighted by molar-refractivity contribution is 0.102. The van der Waals surface area contributed by atoms with Gasteiger partial charge < -0.3 is 10.6 Å². The number of amides is 1. The number of rotatable bonds is 4. The van der Waals surface area contributed by atoms with E-state index in [0.29, 0.717) is 17.2 Å². The number of carbonyl (C=O) groups excluding carboxylic acids is 1. The summed E-state index contributed by atoms with van der Waals surface area (Å²) in [6.07, 6.45) is 0. The van der Waals surface area contributed by atoms with Gasteiger partial charge in [-0.3, -0.25) is 4.79 Å². The molecule has 0 saturated carbocycles. The van der Waals surface area contributed by atoms with Gasteiger partial charge in [-0.25, -0.2) is 4.39 Å². The smallest absolute Gasteiger partial charge is 0.286 e. The average Bonchev–Trinajstić information content (AvgIpc) is 2.83. The molecule has 0 bridgehead atoms. The van der Waals surface area contributed by atoms with Crippen molar-refractivity contribution in [3.63, 3.8) is 0 Å². The molecule has 2 rings (SSSR count). The largest absolute Gasteiger partial charge is 0.360 e. The van der Waals surface area contributed by atoms with E-state index in [1.54, 1.807) is 19.1 Å². The first-order chi connectivity index (χ1) is 9.11. The first-order valence-corrected chi connectivity index (χ1v) is 6.57. The van der Waals surface area contributed by atoms with Crippen molar-refractivity contribution in [3.8, 4) is 0 Å². The monoisotopic (exact) mass is 280 g/mol. The van der Waals surface area contributed by atoms with Crippen LogP contribution in [-0.4, -0.2) is 22.6 Å². The minimum Gasteiger partial charge on any atom is -0.360 e. The molecule has 2 N–H and O–H groups in total. The fourth-order valence-electron chi connectivity index (χ4n) is 1.49. The third kappa shape index (κ3) is 3.05. The van der Waals surface area contributed by atoms with E-state index in [1.807, 2.05) is 6.92 Å². The summed E-state index contributed by atoms with van der Waals surface area (Å²) in [6, 6.07) is 4.62. The Bertz CT molecular complexity index is 579. The summed E-state index contributed by atoms with van der Waals surface area (Å²) in [6.45, 7) is 4.34. The number of hydrogen-bond acceptors (Lipinski definition) is 5. The van der Waals surface area contributed by atoms with Crippen molar-refractivity contribution in [2.75, 3.05) is 17.2 Å². The molecule has 100 valence electrons. The Morgan fingerprint density at radius 3 is 2.89 bits per heavy atom. The van der Waals surface area contributed by atoms with Gasteiger partial charge in [-0.15, -0.1) is 10.2 Å². The Balaban J connectivity index is 2.16. The van der Waals surface area contributed by atoms with E-state index >= 15 is 0 Å². The van der Waals surface area contributed by atoms with Crippen LogP contribution in [-0.2, 0) is 0 Å². The number of aryl methyl sites for hydroxylation is 1. The van der Waals surface area contributed by atoms with Crippen LogP contribution in [0.2, 0.25) is 0 Å². The minimum atomic E-state index is -0.468. The Morgan fingerprint density at radius 2 is 2.21 bits per heavy atom. The van der Waals surface area contributed by atoms with Crippen molar-refractivity contribution >= 4 is 28.1 Å². The average molecular weight is 280 g/mol. The maximum atomic E-state index is 13.6. The molecule has 2 aromatic rings. The van der Waals surface area contributed by atoms with Crippen LogP contribution in [0.5, 0.6) is 0 Å². The van der Waals surface area contributed by atoms with Crippen molar-refractivity contribution in [1.29, 1.82) is 0 Å². The van der Waals surface area contributed by atoms with Gasteiger partial charge in [0.15, 0.2) is 0 Å². The number of aromatic nitrogens is 2. The molecule has 0 aliphatic rings. The normalized spacial score (nSPS) is 10.3. The first kappa shape index (κ1) is 13.4. The number of carbonyl (C=O) groups is 1. The van der Waals surface area contributed by atoms with Gasteiger partial charge in [-0.1, -0.05) is 23.5 Å². The van der Waals surface area contributed by atoms with Gasteiger partial charge in [0.1, 0.15) is 5.82 Å². The molecule has 0 saturated heterocycles. The molecule has 1 aromatic heterocycles. The third-order valence-corrected chi connectivity index (χ3v) is 3.29. The summed E-state index contributed by atoms with van der Waals surface area (Å²) in [7, 11) is 0. The second-order valence-electron chi connectivity index (χ2n) is 3.83. The summed E-state index contributed by atoms with van der Waals surface area (Å²) in [4.78, 5) is 11.9. The number of benzene rings is 1. The van der Waals surface area contributed by atoms with Gasteiger partial charge in [0, 0.05) is 6.54 Å². The number of halogens is 1. The second kappa shape index (κ2) is 5.75.